The Kier molecular flexibility index (Phi) is 3.04. The molecule has 20 heavy (non-hydrogen) atoms. The van der Waals surface area contributed by atoms with Gasteiger partial charge in [-0.1, -0.05) is 13.8 Å². The van der Waals surface area contributed by atoms with Crippen molar-refractivity contribution in [3.05, 3.63) is 0 Å². The van der Waals surface area contributed by atoms with Gasteiger partial charge in [0.25, 0.3) is 0 Å². The summed E-state index contributed by atoms with van der Waals surface area (Å²) in [5, 5.41) is 9.42. The van der Waals surface area contributed by atoms with Crippen molar-refractivity contribution >= 4 is 17.8 Å². The number of fused-ring (bicyclic) bond motifs is 1. The molecule has 0 aromatic heterocycles. The number of Topliss-reactive ketones (excluding diaryl/α,β-unsaturated/α-hetero) is 1. The summed E-state index contributed by atoms with van der Waals surface area (Å²) >= 11 is 0. The van der Waals surface area contributed by atoms with E-state index >= 15 is 0 Å². The Bertz CT molecular complexity index is 525. The molecule has 2 saturated carbocycles. The molecule has 4 nitrogen and oxygen atoms in total. The fourth-order valence-electron chi connectivity index (χ4n) is 4.15. The van der Waals surface area contributed by atoms with Gasteiger partial charge in [-0.2, -0.15) is 5.26 Å². The normalized spacial score (nSPS) is 39.5. The Morgan fingerprint density at radius 1 is 1.40 bits per heavy atom. The molecule has 3 aliphatic rings. The van der Waals surface area contributed by atoms with Gasteiger partial charge in [0.2, 0.25) is 0 Å². The highest BCUT2D eigenvalue weighted by atomic mass is 16.1. The van der Waals surface area contributed by atoms with Crippen LogP contribution in [0.5, 0.6) is 0 Å². The van der Waals surface area contributed by atoms with E-state index < -0.39 is 5.92 Å². The largest absolute Gasteiger partial charge is 0.299 e. The second-order valence-electron chi connectivity index (χ2n) is 7.30. The van der Waals surface area contributed by atoms with Crippen LogP contribution in [-0.2, 0) is 9.59 Å². The molecule has 3 rings (SSSR count). The molecule has 1 aliphatic heterocycles. The summed E-state index contributed by atoms with van der Waals surface area (Å²) in [6.07, 6.45) is 4.29. The zero-order chi connectivity index (χ0) is 14.5. The Morgan fingerprint density at radius 2 is 2.10 bits per heavy atom. The molecule has 0 spiro atoms. The molecular weight excluding hydrogens is 252 g/mol. The van der Waals surface area contributed by atoms with Gasteiger partial charge < -0.3 is 0 Å². The third kappa shape index (κ3) is 2.09. The first-order valence-electron chi connectivity index (χ1n) is 7.42. The quantitative estimate of drug-likeness (QED) is 0.723. The summed E-state index contributed by atoms with van der Waals surface area (Å²) in [4.78, 5) is 28.3. The van der Waals surface area contributed by atoms with Crippen molar-refractivity contribution in [2.45, 2.75) is 45.6 Å². The summed E-state index contributed by atoms with van der Waals surface area (Å²) in [5.41, 5.74) is 0.319. The van der Waals surface area contributed by atoms with Crippen LogP contribution in [-0.4, -0.2) is 23.8 Å². The highest BCUT2D eigenvalue weighted by Gasteiger charge is 2.54. The minimum Gasteiger partial charge on any atom is -0.299 e. The Morgan fingerprint density at radius 3 is 2.65 bits per heavy atom. The zero-order valence-corrected chi connectivity index (χ0v) is 12.0. The van der Waals surface area contributed by atoms with Gasteiger partial charge >= 0.3 is 0 Å². The molecule has 4 heteroatoms. The van der Waals surface area contributed by atoms with Crippen molar-refractivity contribution in [2.24, 2.45) is 34.1 Å². The number of hydrogen-bond acceptors (Lipinski definition) is 4. The smallest absolute Gasteiger partial charge is 0.165 e. The fraction of sp³-hybridized carbons (Fsp3) is 0.750. The molecule has 0 saturated heterocycles. The maximum Gasteiger partial charge on any atom is 0.165 e. The molecule has 4 atom stereocenters. The molecule has 0 aromatic carbocycles. The van der Waals surface area contributed by atoms with Gasteiger partial charge in [0.05, 0.1) is 23.7 Å². The standard InChI is InChI=1S/C16H20N2O2/c1-16(2)5-11-15(13(20)6-16)14(9-3-4-9)10(7-17)12(8-19)18-11/h8-11,14-15H,3-6H2,1-2H3. The van der Waals surface area contributed by atoms with E-state index in [0.717, 1.165) is 25.5 Å². The number of nitriles is 1. The van der Waals surface area contributed by atoms with Crippen molar-refractivity contribution in [3.8, 4) is 6.07 Å². The first-order valence-corrected chi connectivity index (χ1v) is 7.42. The van der Waals surface area contributed by atoms with Crippen molar-refractivity contribution in [3.63, 3.8) is 0 Å². The summed E-state index contributed by atoms with van der Waals surface area (Å²) in [7, 11) is 0. The minimum atomic E-state index is -0.480. The van der Waals surface area contributed by atoms with E-state index in [9.17, 15) is 14.9 Å². The maximum atomic E-state index is 12.6. The molecule has 0 radical (unpaired) electrons. The molecule has 1 heterocycles. The second kappa shape index (κ2) is 4.51. The van der Waals surface area contributed by atoms with E-state index in [0.29, 0.717) is 18.1 Å². The lowest BCUT2D eigenvalue weighted by molar-refractivity contribution is -0.132. The molecule has 4 unspecified atom stereocenters. The SMILES string of the molecule is CC1(C)CC(=O)C2C(C1)N=C(C=O)C(C#N)C2C1CC1. The summed E-state index contributed by atoms with van der Waals surface area (Å²) < 4.78 is 0. The Labute approximate surface area is 119 Å². The van der Waals surface area contributed by atoms with Gasteiger partial charge in [-0.05, 0) is 36.5 Å². The first-order chi connectivity index (χ1) is 9.46. The van der Waals surface area contributed by atoms with Gasteiger partial charge in [0.1, 0.15) is 5.78 Å². The molecule has 0 aromatic rings. The maximum absolute atomic E-state index is 12.6. The van der Waals surface area contributed by atoms with Crippen molar-refractivity contribution < 1.29 is 9.59 Å². The third-order valence-electron chi connectivity index (χ3n) is 5.06. The monoisotopic (exact) mass is 272 g/mol. The van der Waals surface area contributed by atoms with Crippen LogP contribution in [0.2, 0.25) is 0 Å². The highest BCUT2D eigenvalue weighted by molar-refractivity contribution is 6.30. The van der Waals surface area contributed by atoms with E-state index in [1.807, 2.05) is 0 Å². The number of carbonyl (C=O) groups excluding carboxylic acids is 2. The van der Waals surface area contributed by atoms with Crippen LogP contribution in [0.15, 0.2) is 4.99 Å². The molecule has 2 fully saturated rings. The number of rotatable bonds is 2. The summed E-state index contributed by atoms with van der Waals surface area (Å²) in [5.74, 6) is 0.0847. The molecule has 106 valence electrons. The van der Waals surface area contributed by atoms with Gasteiger partial charge in [0, 0.05) is 12.3 Å². The van der Waals surface area contributed by atoms with E-state index in [1.165, 1.54) is 0 Å². The van der Waals surface area contributed by atoms with E-state index in [-0.39, 0.29) is 29.1 Å². The number of aldehydes is 1. The summed E-state index contributed by atoms with van der Waals surface area (Å²) in [6.45, 7) is 4.17. The predicted molar refractivity (Wildman–Crippen MR) is 74.1 cm³/mol. The Balaban J connectivity index is 2.03. The van der Waals surface area contributed by atoms with Crippen LogP contribution >= 0.6 is 0 Å². The van der Waals surface area contributed by atoms with Crippen molar-refractivity contribution in [1.29, 1.82) is 5.26 Å². The number of ketones is 1. The average Bonchev–Trinajstić information content (AvgIpc) is 3.18. The predicted octanol–water partition coefficient (Wildman–Crippen LogP) is 2.18. The number of hydrogen-bond donors (Lipinski definition) is 0. The van der Waals surface area contributed by atoms with Crippen LogP contribution in [0.4, 0.5) is 0 Å². The van der Waals surface area contributed by atoms with Crippen LogP contribution < -0.4 is 0 Å². The summed E-state index contributed by atoms with van der Waals surface area (Å²) in [6, 6.07) is 2.14. The number of carbonyl (C=O) groups is 2. The van der Waals surface area contributed by atoms with Crippen LogP contribution in [0.1, 0.15) is 39.5 Å². The topological polar surface area (TPSA) is 70.3 Å². The zero-order valence-electron chi connectivity index (χ0n) is 12.0. The van der Waals surface area contributed by atoms with Gasteiger partial charge in [0.15, 0.2) is 6.29 Å². The van der Waals surface area contributed by atoms with Crippen molar-refractivity contribution in [2.75, 3.05) is 0 Å². The van der Waals surface area contributed by atoms with Crippen LogP contribution in [0, 0.1) is 40.4 Å². The lowest BCUT2D eigenvalue weighted by atomic mass is 9.60. The van der Waals surface area contributed by atoms with E-state index in [1.54, 1.807) is 0 Å². The van der Waals surface area contributed by atoms with Crippen molar-refractivity contribution in [1.82, 2.24) is 0 Å². The van der Waals surface area contributed by atoms with E-state index in [2.05, 4.69) is 24.9 Å². The fourth-order valence-corrected chi connectivity index (χ4v) is 4.15. The lowest BCUT2D eigenvalue weighted by Crippen LogP contribution is -2.50. The average molecular weight is 272 g/mol. The lowest BCUT2D eigenvalue weighted by Gasteiger charge is -2.45. The van der Waals surface area contributed by atoms with Gasteiger partial charge in [-0.15, -0.1) is 0 Å². The van der Waals surface area contributed by atoms with Crippen LogP contribution in [0.25, 0.3) is 0 Å². The molecule has 2 aliphatic carbocycles. The number of aliphatic imine (C=N–C) groups is 1. The van der Waals surface area contributed by atoms with E-state index in [4.69, 9.17) is 0 Å². The van der Waals surface area contributed by atoms with Gasteiger partial charge in [-0.3, -0.25) is 14.6 Å². The molecule has 0 amide bonds. The molecular formula is C16H20N2O2. The minimum absolute atomic E-state index is 0.0197. The third-order valence-corrected chi connectivity index (χ3v) is 5.06. The Hall–Kier alpha value is -1.50. The number of nitrogens with zero attached hydrogens (tertiary/aromatic N) is 2. The second-order valence-corrected chi connectivity index (χ2v) is 7.30. The first kappa shape index (κ1) is 13.5. The highest BCUT2D eigenvalue weighted by Crippen LogP contribution is 2.52. The molecule has 0 bridgehead atoms. The van der Waals surface area contributed by atoms with Crippen LogP contribution in [0.3, 0.4) is 0 Å². The molecule has 0 N–H and O–H groups in total. The van der Waals surface area contributed by atoms with Gasteiger partial charge in [-0.25, -0.2) is 0 Å².